The third-order valence-electron chi connectivity index (χ3n) is 5.28. The summed E-state index contributed by atoms with van der Waals surface area (Å²) in [6.45, 7) is 9.86. The molecule has 0 bridgehead atoms. The van der Waals surface area contributed by atoms with Gasteiger partial charge in [-0.1, -0.05) is 69.2 Å². The number of hydrogen-bond acceptors (Lipinski definition) is 3. The molecule has 0 fully saturated rings. The van der Waals surface area contributed by atoms with Gasteiger partial charge in [-0.05, 0) is 56.9 Å². The van der Waals surface area contributed by atoms with Crippen LogP contribution in [-0.4, -0.2) is 17.0 Å². The van der Waals surface area contributed by atoms with Crippen molar-refractivity contribution in [2.24, 2.45) is 11.1 Å². The summed E-state index contributed by atoms with van der Waals surface area (Å²) in [6.07, 6.45) is 2.25. The van der Waals surface area contributed by atoms with E-state index in [4.69, 9.17) is 5.73 Å². The Morgan fingerprint density at radius 1 is 1.00 bits per heavy atom. The molecule has 30 heavy (non-hydrogen) atoms. The summed E-state index contributed by atoms with van der Waals surface area (Å²) in [6, 6.07) is 17.2. The first-order chi connectivity index (χ1) is 14.1. The van der Waals surface area contributed by atoms with Crippen molar-refractivity contribution in [3.63, 3.8) is 0 Å². The summed E-state index contributed by atoms with van der Waals surface area (Å²) in [5.41, 5.74) is 7.53. The van der Waals surface area contributed by atoms with Crippen LogP contribution >= 0.6 is 0 Å². The Kier molecular flexibility index (Phi) is 9.73. The van der Waals surface area contributed by atoms with Crippen molar-refractivity contribution in [2.45, 2.75) is 65.8 Å². The van der Waals surface area contributed by atoms with Crippen molar-refractivity contribution >= 4 is 17.6 Å². The first kappa shape index (κ1) is 25.4. The van der Waals surface area contributed by atoms with Gasteiger partial charge in [-0.25, -0.2) is 0 Å². The van der Waals surface area contributed by atoms with Gasteiger partial charge in [0.2, 0.25) is 5.91 Å². The molecule has 0 radical (unpaired) electrons. The molecular weight excluding hydrogens is 376 g/mol. The van der Waals surface area contributed by atoms with Crippen LogP contribution in [0.3, 0.4) is 0 Å². The van der Waals surface area contributed by atoms with Gasteiger partial charge in [-0.15, -0.1) is 0 Å². The Bertz CT molecular complexity index is 813. The Balaban J connectivity index is 0.000000346. The minimum atomic E-state index is -1.33. The van der Waals surface area contributed by atoms with E-state index in [0.29, 0.717) is 18.5 Å². The highest BCUT2D eigenvalue weighted by atomic mass is 16.4. The van der Waals surface area contributed by atoms with Gasteiger partial charge < -0.3 is 16.2 Å². The average molecular weight is 413 g/mol. The molecule has 5 nitrogen and oxygen atoms in total. The van der Waals surface area contributed by atoms with Crippen molar-refractivity contribution in [2.75, 3.05) is 5.32 Å². The first-order valence-electron chi connectivity index (χ1n) is 10.5. The van der Waals surface area contributed by atoms with Crippen LogP contribution in [0.25, 0.3) is 0 Å². The van der Waals surface area contributed by atoms with E-state index >= 15 is 0 Å². The highest BCUT2D eigenvalue weighted by Crippen LogP contribution is 2.31. The smallest absolute Gasteiger partial charge is 0.319 e. The predicted molar refractivity (Wildman–Crippen MR) is 123 cm³/mol. The topological polar surface area (TPSA) is 92.4 Å². The maximum absolute atomic E-state index is 12.3. The van der Waals surface area contributed by atoms with E-state index in [1.54, 1.807) is 31.2 Å². The number of unbranched alkanes of at least 4 members (excludes halogenated alkanes) is 1. The second-order valence-electron chi connectivity index (χ2n) is 8.20. The highest BCUT2D eigenvalue weighted by Gasteiger charge is 2.43. The lowest BCUT2D eigenvalue weighted by Gasteiger charge is -2.26. The van der Waals surface area contributed by atoms with E-state index in [9.17, 15) is 14.7 Å². The Morgan fingerprint density at radius 2 is 1.57 bits per heavy atom. The molecule has 2 aromatic carbocycles. The van der Waals surface area contributed by atoms with E-state index in [0.717, 1.165) is 12.8 Å². The normalized spacial score (nSPS) is 12.9. The molecule has 0 aliphatic rings. The van der Waals surface area contributed by atoms with E-state index in [1.165, 1.54) is 11.1 Å². The van der Waals surface area contributed by atoms with E-state index in [1.807, 2.05) is 39.0 Å². The molecule has 0 aliphatic heterocycles. The van der Waals surface area contributed by atoms with Crippen molar-refractivity contribution in [1.29, 1.82) is 0 Å². The SMILES string of the molecule is CCCCC(CC)(C(=O)O)C(=O)Nc1ccccc1.Cc1ccccc1C(C)(C)N. The molecule has 1 atom stereocenters. The number of benzene rings is 2. The standard InChI is InChI=1S/C15H21NO3.C10H15N/c1-3-5-11-15(4-2,14(18)19)13(17)16-12-9-7-6-8-10-12;1-8-6-4-5-7-9(8)10(2,3)11/h6-10H,3-5,11H2,1-2H3,(H,16,17)(H,18,19);4-7H,11H2,1-3H3. The average Bonchev–Trinajstić information content (AvgIpc) is 2.69. The number of anilines is 1. The van der Waals surface area contributed by atoms with Gasteiger partial charge >= 0.3 is 5.97 Å². The summed E-state index contributed by atoms with van der Waals surface area (Å²) < 4.78 is 0. The number of amides is 1. The number of carbonyl (C=O) groups excluding carboxylic acids is 1. The number of hydrogen-bond donors (Lipinski definition) is 3. The van der Waals surface area contributed by atoms with Gasteiger partial charge in [0.1, 0.15) is 5.41 Å². The number of carbonyl (C=O) groups is 2. The van der Waals surface area contributed by atoms with Gasteiger partial charge in [0.15, 0.2) is 0 Å². The fourth-order valence-electron chi connectivity index (χ4n) is 3.35. The number of nitrogens with one attached hydrogen (secondary N) is 1. The number of rotatable bonds is 8. The second kappa shape index (κ2) is 11.5. The molecule has 4 N–H and O–H groups in total. The maximum Gasteiger partial charge on any atom is 0.319 e. The molecule has 5 heteroatoms. The minimum absolute atomic E-state index is 0.217. The summed E-state index contributed by atoms with van der Waals surface area (Å²) in [5, 5.41) is 12.1. The zero-order valence-corrected chi connectivity index (χ0v) is 18.9. The molecule has 2 aromatic rings. The fourth-order valence-corrected chi connectivity index (χ4v) is 3.35. The molecule has 1 unspecified atom stereocenters. The molecule has 0 aliphatic carbocycles. The van der Waals surface area contributed by atoms with Gasteiger partial charge in [-0.3, -0.25) is 9.59 Å². The van der Waals surface area contributed by atoms with Gasteiger partial charge in [0, 0.05) is 11.2 Å². The van der Waals surface area contributed by atoms with E-state index in [-0.39, 0.29) is 5.54 Å². The number of carboxylic acid groups (broad SMARTS) is 1. The molecule has 0 saturated heterocycles. The summed E-state index contributed by atoms with van der Waals surface area (Å²) in [5.74, 6) is -1.47. The van der Waals surface area contributed by atoms with Crippen molar-refractivity contribution in [3.05, 3.63) is 65.7 Å². The molecule has 0 aromatic heterocycles. The quantitative estimate of drug-likeness (QED) is 0.500. The Morgan fingerprint density at radius 3 is 2.00 bits per heavy atom. The molecule has 1 amide bonds. The van der Waals surface area contributed by atoms with Crippen LogP contribution in [0, 0.1) is 12.3 Å². The number of para-hydroxylation sites is 1. The van der Waals surface area contributed by atoms with Crippen LogP contribution in [0.5, 0.6) is 0 Å². The van der Waals surface area contributed by atoms with Gasteiger partial charge in [0.05, 0.1) is 0 Å². The summed E-state index contributed by atoms with van der Waals surface area (Å²) >= 11 is 0. The first-order valence-corrected chi connectivity index (χ1v) is 10.5. The number of carboxylic acids is 1. The van der Waals surface area contributed by atoms with Crippen molar-refractivity contribution in [1.82, 2.24) is 0 Å². The second-order valence-corrected chi connectivity index (χ2v) is 8.20. The monoisotopic (exact) mass is 412 g/mol. The molecule has 0 heterocycles. The minimum Gasteiger partial charge on any atom is -0.480 e. The van der Waals surface area contributed by atoms with Gasteiger partial charge in [0.25, 0.3) is 0 Å². The van der Waals surface area contributed by atoms with Crippen LogP contribution in [0.15, 0.2) is 54.6 Å². The molecule has 0 saturated carbocycles. The predicted octanol–water partition coefficient (Wildman–Crippen LogP) is 5.49. The third kappa shape index (κ3) is 6.99. The zero-order chi connectivity index (χ0) is 22.8. The maximum atomic E-state index is 12.3. The van der Waals surface area contributed by atoms with Crippen molar-refractivity contribution < 1.29 is 14.7 Å². The lowest BCUT2D eigenvalue weighted by molar-refractivity contribution is -0.154. The fraction of sp³-hybridized carbons (Fsp3) is 0.440. The summed E-state index contributed by atoms with van der Waals surface area (Å²) in [7, 11) is 0. The molecule has 164 valence electrons. The lowest BCUT2D eigenvalue weighted by atomic mass is 9.79. The molecule has 2 rings (SSSR count). The zero-order valence-electron chi connectivity index (χ0n) is 18.9. The van der Waals surface area contributed by atoms with E-state index < -0.39 is 17.3 Å². The molecular formula is C25H36N2O3. The van der Waals surface area contributed by atoms with Crippen LogP contribution in [0.1, 0.15) is 64.5 Å². The highest BCUT2D eigenvalue weighted by molar-refractivity contribution is 6.08. The van der Waals surface area contributed by atoms with Gasteiger partial charge in [-0.2, -0.15) is 0 Å². The van der Waals surface area contributed by atoms with Crippen LogP contribution in [-0.2, 0) is 15.1 Å². The third-order valence-corrected chi connectivity index (χ3v) is 5.28. The van der Waals surface area contributed by atoms with Crippen LogP contribution in [0.4, 0.5) is 5.69 Å². The molecule has 0 spiro atoms. The number of aliphatic carboxylic acids is 1. The number of nitrogens with two attached hydrogens (primary N) is 1. The Labute approximate surface area is 180 Å². The number of aryl methyl sites for hydroxylation is 1. The van der Waals surface area contributed by atoms with Crippen LogP contribution < -0.4 is 11.1 Å². The van der Waals surface area contributed by atoms with E-state index in [2.05, 4.69) is 24.4 Å². The summed E-state index contributed by atoms with van der Waals surface area (Å²) in [4.78, 5) is 23.9. The Hall–Kier alpha value is -2.66. The van der Waals surface area contributed by atoms with Crippen molar-refractivity contribution in [3.8, 4) is 0 Å². The van der Waals surface area contributed by atoms with Crippen LogP contribution in [0.2, 0.25) is 0 Å². The largest absolute Gasteiger partial charge is 0.480 e. The lowest BCUT2D eigenvalue weighted by Crippen LogP contribution is -2.42.